The summed E-state index contributed by atoms with van der Waals surface area (Å²) in [6.45, 7) is 2.99. The molecule has 3 rings (SSSR count). The minimum Gasteiger partial charge on any atom is -0.466 e. The Morgan fingerprint density at radius 1 is 1.19 bits per heavy atom. The van der Waals surface area contributed by atoms with Crippen molar-refractivity contribution in [3.8, 4) is 0 Å². The summed E-state index contributed by atoms with van der Waals surface area (Å²) in [5.74, 6) is -1.29. The smallest absolute Gasteiger partial charge is 0.416 e. The van der Waals surface area contributed by atoms with E-state index in [1.165, 1.54) is 12.1 Å². The quantitative estimate of drug-likeness (QED) is 0.762. The van der Waals surface area contributed by atoms with Crippen LogP contribution in [0.2, 0.25) is 0 Å². The first kappa shape index (κ1) is 18.7. The Kier molecular flexibility index (Phi) is 5.25. The van der Waals surface area contributed by atoms with E-state index in [1.54, 1.807) is 17.9 Å². The molecule has 1 heterocycles. The molecule has 0 radical (unpaired) electrons. The molecule has 4 nitrogen and oxygen atoms in total. The molecule has 26 heavy (non-hydrogen) atoms. The summed E-state index contributed by atoms with van der Waals surface area (Å²) in [5, 5.41) is 0. The van der Waals surface area contributed by atoms with Crippen LogP contribution in [-0.2, 0) is 20.5 Å². The van der Waals surface area contributed by atoms with Gasteiger partial charge in [0.25, 0.3) is 0 Å². The number of esters is 1. The van der Waals surface area contributed by atoms with Gasteiger partial charge in [-0.25, -0.2) is 0 Å². The number of rotatable bonds is 4. The molecule has 1 amide bonds. The van der Waals surface area contributed by atoms with Gasteiger partial charge in [-0.05, 0) is 43.7 Å². The molecule has 7 heteroatoms. The molecular weight excluding hydrogens is 347 g/mol. The van der Waals surface area contributed by atoms with Crippen LogP contribution in [0.5, 0.6) is 0 Å². The van der Waals surface area contributed by atoms with Crippen LogP contribution in [0.1, 0.15) is 43.2 Å². The Hall–Kier alpha value is -2.05. The van der Waals surface area contributed by atoms with E-state index in [9.17, 15) is 22.8 Å². The number of carbonyl (C=O) groups excluding carboxylic acids is 2. The lowest BCUT2D eigenvalue weighted by Gasteiger charge is -2.31. The van der Waals surface area contributed by atoms with Gasteiger partial charge in [-0.2, -0.15) is 13.2 Å². The number of piperidine rings is 1. The van der Waals surface area contributed by atoms with Gasteiger partial charge in [-0.15, -0.1) is 0 Å². The number of hydrogen-bond acceptors (Lipinski definition) is 3. The van der Waals surface area contributed by atoms with Crippen molar-refractivity contribution in [1.29, 1.82) is 0 Å². The minimum atomic E-state index is -4.41. The van der Waals surface area contributed by atoms with Gasteiger partial charge in [-0.3, -0.25) is 9.59 Å². The average Bonchev–Trinajstić information content (AvgIpc) is 3.41. The first-order chi connectivity index (χ1) is 12.3. The highest BCUT2D eigenvalue weighted by molar-refractivity contribution is 5.83. The van der Waals surface area contributed by atoms with Crippen LogP contribution in [0, 0.1) is 11.8 Å². The summed E-state index contributed by atoms with van der Waals surface area (Å²) in [4.78, 5) is 26.1. The topological polar surface area (TPSA) is 46.6 Å². The maximum absolute atomic E-state index is 13.2. The third-order valence-corrected chi connectivity index (χ3v) is 5.20. The average molecular weight is 369 g/mol. The summed E-state index contributed by atoms with van der Waals surface area (Å²) in [6, 6.07) is 5.48. The van der Waals surface area contributed by atoms with E-state index in [0.717, 1.165) is 6.07 Å². The second kappa shape index (κ2) is 7.29. The SMILES string of the molecule is CCOC(=O)C1CCN(C(=O)C2CC2c2ccccc2C(F)(F)F)CC1. The molecule has 2 aliphatic rings. The molecule has 2 unspecified atom stereocenters. The van der Waals surface area contributed by atoms with E-state index in [4.69, 9.17) is 4.74 Å². The zero-order valence-electron chi connectivity index (χ0n) is 14.6. The first-order valence-electron chi connectivity index (χ1n) is 8.94. The minimum absolute atomic E-state index is 0.103. The Labute approximate surface area is 150 Å². The fraction of sp³-hybridized carbons (Fsp3) is 0.579. The number of alkyl halides is 3. The summed E-state index contributed by atoms with van der Waals surface area (Å²) in [7, 11) is 0. The number of carbonyl (C=O) groups is 2. The lowest BCUT2D eigenvalue weighted by Crippen LogP contribution is -2.41. The predicted octanol–water partition coefficient (Wildman–Crippen LogP) is 3.61. The van der Waals surface area contributed by atoms with Gasteiger partial charge in [0.1, 0.15) is 0 Å². The van der Waals surface area contributed by atoms with Crippen molar-refractivity contribution in [2.75, 3.05) is 19.7 Å². The van der Waals surface area contributed by atoms with Gasteiger partial charge in [0.15, 0.2) is 0 Å². The summed E-state index contributed by atoms with van der Waals surface area (Å²) in [5.41, 5.74) is -0.443. The molecule has 2 fully saturated rings. The molecule has 1 aliphatic carbocycles. The second-order valence-corrected chi connectivity index (χ2v) is 6.89. The van der Waals surface area contributed by atoms with Gasteiger partial charge in [0.2, 0.25) is 5.91 Å². The zero-order chi connectivity index (χ0) is 18.9. The van der Waals surface area contributed by atoms with Gasteiger partial charge in [-0.1, -0.05) is 18.2 Å². The van der Waals surface area contributed by atoms with Crippen LogP contribution in [-0.4, -0.2) is 36.5 Å². The largest absolute Gasteiger partial charge is 0.466 e. The number of likely N-dealkylation sites (tertiary alicyclic amines) is 1. The van der Waals surface area contributed by atoms with Crippen molar-refractivity contribution in [3.63, 3.8) is 0 Å². The standard InChI is InChI=1S/C19H22F3NO3/c1-2-26-18(25)12-7-9-23(10-8-12)17(24)15-11-14(15)13-5-3-4-6-16(13)19(20,21)22/h3-6,12,14-15H,2,7-11H2,1H3. The third kappa shape index (κ3) is 3.86. The molecule has 1 saturated heterocycles. The van der Waals surface area contributed by atoms with Gasteiger partial charge >= 0.3 is 12.1 Å². The molecule has 1 aliphatic heterocycles. The lowest BCUT2D eigenvalue weighted by atomic mass is 9.96. The Balaban J connectivity index is 1.60. The number of amides is 1. The zero-order valence-corrected chi connectivity index (χ0v) is 14.6. The van der Waals surface area contributed by atoms with Crippen LogP contribution in [0.4, 0.5) is 13.2 Å². The summed E-state index contributed by atoms with van der Waals surface area (Å²) in [6.07, 6.45) is -2.88. The fourth-order valence-electron chi connectivity index (χ4n) is 3.72. The molecule has 1 saturated carbocycles. The maximum Gasteiger partial charge on any atom is 0.416 e. The van der Waals surface area contributed by atoms with Crippen molar-refractivity contribution in [2.45, 2.75) is 38.3 Å². The molecule has 0 N–H and O–H groups in total. The van der Waals surface area contributed by atoms with E-state index in [1.807, 2.05) is 0 Å². The van der Waals surface area contributed by atoms with Crippen LogP contribution in [0.25, 0.3) is 0 Å². The molecule has 1 aromatic carbocycles. The second-order valence-electron chi connectivity index (χ2n) is 6.89. The number of halogens is 3. The highest BCUT2D eigenvalue weighted by Gasteiger charge is 2.49. The van der Waals surface area contributed by atoms with Crippen molar-refractivity contribution in [3.05, 3.63) is 35.4 Å². The summed E-state index contributed by atoms with van der Waals surface area (Å²) < 4.78 is 44.5. The molecule has 0 aromatic heterocycles. The highest BCUT2D eigenvalue weighted by atomic mass is 19.4. The number of ether oxygens (including phenoxy) is 1. The number of benzene rings is 1. The van der Waals surface area contributed by atoms with Gasteiger partial charge < -0.3 is 9.64 Å². The van der Waals surface area contributed by atoms with Crippen molar-refractivity contribution in [2.24, 2.45) is 11.8 Å². The number of hydrogen-bond donors (Lipinski definition) is 0. The monoisotopic (exact) mass is 369 g/mol. The van der Waals surface area contributed by atoms with Crippen LogP contribution in [0.15, 0.2) is 24.3 Å². The van der Waals surface area contributed by atoms with Crippen molar-refractivity contribution in [1.82, 2.24) is 4.90 Å². The maximum atomic E-state index is 13.2. The Bertz CT molecular complexity index is 681. The number of nitrogens with zero attached hydrogens (tertiary/aromatic N) is 1. The van der Waals surface area contributed by atoms with Gasteiger partial charge in [0, 0.05) is 19.0 Å². The molecule has 142 valence electrons. The van der Waals surface area contributed by atoms with E-state index < -0.39 is 17.7 Å². The van der Waals surface area contributed by atoms with Crippen molar-refractivity contribution >= 4 is 11.9 Å². The third-order valence-electron chi connectivity index (χ3n) is 5.20. The van der Waals surface area contributed by atoms with Crippen molar-refractivity contribution < 1.29 is 27.5 Å². The molecule has 2 atom stereocenters. The molecule has 1 aromatic rings. The van der Waals surface area contributed by atoms with Crippen LogP contribution >= 0.6 is 0 Å². The van der Waals surface area contributed by atoms with Crippen LogP contribution in [0.3, 0.4) is 0 Å². The van der Waals surface area contributed by atoms with E-state index in [-0.39, 0.29) is 29.3 Å². The highest BCUT2D eigenvalue weighted by Crippen LogP contribution is 2.51. The fourth-order valence-corrected chi connectivity index (χ4v) is 3.72. The Morgan fingerprint density at radius 2 is 1.85 bits per heavy atom. The lowest BCUT2D eigenvalue weighted by molar-refractivity contribution is -0.151. The van der Waals surface area contributed by atoms with E-state index >= 15 is 0 Å². The predicted molar refractivity (Wildman–Crippen MR) is 88.2 cm³/mol. The van der Waals surface area contributed by atoms with Crippen LogP contribution < -0.4 is 0 Å². The van der Waals surface area contributed by atoms with E-state index in [0.29, 0.717) is 39.0 Å². The van der Waals surface area contributed by atoms with Gasteiger partial charge in [0.05, 0.1) is 18.1 Å². The molecule has 0 bridgehead atoms. The van der Waals surface area contributed by atoms with E-state index in [2.05, 4.69) is 0 Å². The normalized spacial score (nSPS) is 23.6. The molecular formula is C19H22F3NO3. The summed E-state index contributed by atoms with van der Waals surface area (Å²) >= 11 is 0. The molecule has 0 spiro atoms. The first-order valence-corrected chi connectivity index (χ1v) is 8.94. The Morgan fingerprint density at radius 3 is 2.46 bits per heavy atom.